The van der Waals surface area contributed by atoms with E-state index in [1.54, 1.807) is 24.5 Å². The number of hydrogen-bond donors (Lipinski definition) is 1. The van der Waals surface area contributed by atoms with Crippen LogP contribution in [-0.4, -0.2) is 40.8 Å². The van der Waals surface area contributed by atoms with Gasteiger partial charge in [-0.25, -0.2) is 0 Å². The van der Waals surface area contributed by atoms with Gasteiger partial charge in [-0.3, -0.25) is 14.6 Å². The van der Waals surface area contributed by atoms with E-state index in [2.05, 4.69) is 31.1 Å². The van der Waals surface area contributed by atoms with Crippen LogP contribution in [0, 0.1) is 0 Å². The fraction of sp³-hybridized carbons (Fsp3) is 0.409. The van der Waals surface area contributed by atoms with Crippen molar-refractivity contribution in [1.29, 1.82) is 0 Å². The maximum absolute atomic E-state index is 12.7. The molecule has 1 saturated heterocycles. The number of likely N-dealkylation sites (tertiary alicyclic amines) is 1. The number of pyridine rings is 1. The summed E-state index contributed by atoms with van der Waals surface area (Å²) in [5.41, 5.74) is 2.63. The third kappa shape index (κ3) is 4.73. The largest absolute Gasteiger partial charge is 0.349 e. The van der Waals surface area contributed by atoms with Gasteiger partial charge >= 0.3 is 0 Å². The van der Waals surface area contributed by atoms with Crippen molar-refractivity contribution in [3.63, 3.8) is 0 Å². The highest BCUT2D eigenvalue weighted by atomic mass is 16.2. The molecule has 2 amide bonds. The zero-order chi connectivity index (χ0) is 19.4. The number of nitrogens with zero attached hydrogens (tertiary/aromatic N) is 2. The molecular formula is C22H27N3O2. The number of hydrogen-bond acceptors (Lipinski definition) is 3. The number of nitrogens with one attached hydrogen (secondary N) is 1. The number of amides is 2. The molecule has 1 aliphatic heterocycles. The fourth-order valence-corrected chi connectivity index (χ4v) is 3.29. The lowest BCUT2D eigenvalue weighted by molar-refractivity contribution is 0.0698. The number of carbonyl (C=O) groups is 2. The number of carbonyl (C=O) groups excluding carboxylic acids is 2. The minimum atomic E-state index is -0.0834. The first-order valence-corrected chi connectivity index (χ1v) is 9.45. The average Bonchev–Trinajstić information content (AvgIpc) is 2.68. The molecule has 0 radical (unpaired) electrons. The average molecular weight is 365 g/mol. The molecule has 0 bridgehead atoms. The molecule has 1 aromatic carbocycles. The van der Waals surface area contributed by atoms with Gasteiger partial charge in [0.2, 0.25) is 0 Å². The van der Waals surface area contributed by atoms with Gasteiger partial charge in [0.05, 0.1) is 0 Å². The standard InChI is InChI=1S/C22H27N3O2/c1-22(2,3)18-6-4-17(5-7-18)21(27)25-14-10-19(11-15-25)24-20(26)16-8-12-23-13-9-16/h4-9,12-13,19H,10-11,14-15H2,1-3H3,(H,24,26). The zero-order valence-electron chi connectivity index (χ0n) is 16.2. The van der Waals surface area contributed by atoms with Crippen LogP contribution in [0.15, 0.2) is 48.8 Å². The molecule has 0 saturated carbocycles. The maximum Gasteiger partial charge on any atom is 0.253 e. The molecule has 2 heterocycles. The van der Waals surface area contributed by atoms with Gasteiger partial charge in [0.25, 0.3) is 11.8 Å². The predicted molar refractivity (Wildman–Crippen MR) is 106 cm³/mol. The third-order valence-corrected chi connectivity index (χ3v) is 5.06. The van der Waals surface area contributed by atoms with Crippen LogP contribution in [0.4, 0.5) is 0 Å². The van der Waals surface area contributed by atoms with Crippen molar-refractivity contribution in [2.24, 2.45) is 0 Å². The Kier molecular flexibility index (Phi) is 5.59. The van der Waals surface area contributed by atoms with Gasteiger partial charge in [-0.05, 0) is 48.1 Å². The molecule has 0 atom stereocenters. The zero-order valence-corrected chi connectivity index (χ0v) is 16.2. The number of piperidine rings is 1. The lowest BCUT2D eigenvalue weighted by atomic mass is 9.86. The van der Waals surface area contributed by atoms with Crippen LogP contribution in [-0.2, 0) is 5.41 Å². The SMILES string of the molecule is CC(C)(C)c1ccc(C(=O)N2CCC(NC(=O)c3ccncc3)CC2)cc1. The summed E-state index contributed by atoms with van der Waals surface area (Å²) in [7, 11) is 0. The topological polar surface area (TPSA) is 62.3 Å². The molecule has 1 aromatic heterocycles. The normalized spacial score (nSPS) is 15.4. The summed E-state index contributed by atoms with van der Waals surface area (Å²) in [5, 5.41) is 3.05. The Bertz CT molecular complexity index is 787. The first kappa shape index (κ1) is 19.1. The maximum atomic E-state index is 12.7. The van der Waals surface area contributed by atoms with Gasteiger partial charge in [0.15, 0.2) is 0 Å². The van der Waals surface area contributed by atoms with E-state index in [9.17, 15) is 9.59 Å². The lowest BCUT2D eigenvalue weighted by Crippen LogP contribution is -2.46. The number of rotatable bonds is 3. The first-order valence-electron chi connectivity index (χ1n) is 9.45. The highest BCUT2D eigenvalue weighted by Crippen LogP contribution is 2.23. The second-order valence-electron chi connectivity index (χ2n) is 8.10. The second kappa shape index (κ2) is 7.91. The van der Waals surface area contributed by atoms with E-state index in [4.69, 9.17) is 0 Å². The van der Waals surface area contributed by atoms with Crippen molar-refractivity contribution >= 4 is 11.8 Å². The molecule has 0 spiro atoms. The lowest BCUT2D eigenvalue weighted by Gasteiger charge is -2.32. The van der Waals surface area contributed by atoms with Crippen molar-refractivity contribution < 1.29 is 9.59 Å². The van der Waals surface area contributed by atoms with Crippen LogP contribution in [0.2, 0.25) is 0 Å². The minimum Gasteiger partial charge on any atom is -0.349 e. The van der Waals surface area contributed by atoms with Crippen LogP contribution >= 0.6 is 0 Å². The molecule has 3 rings (SSSR count). The fourth-order valence-electron chi connectivity index (χ4n) is 3.29. The van der Waals surface area contributed by atoms with E-state index in [-0.39, 0.29) is 23.3 Å². The number of aromatic nitrogens is 1. The second-order valence-corrected chi connectivity index (χ2v) is 8.10. The highest BCUT2D eigenvalue weighted by Gasteiger charge is 2.25. The quantitative estimate of drug-likeness (QED) is 0.907. The molecule has 5 heteroatoms. The van der Waals surface area contributed by atoms with Crippen molar-refractivity contribution in [2.75, 3.05) is 13.1 Å². The van der Waals surface area contributed by atoms with Gasteiger partial charge in [-0.2, -0.15) is 0 Å². The number of benzene rings is 1. The molecule has 5 nitrogen and oxygen atoms in total. The van der Waals surface area contributed by atoms with Crippen molar-refractivity contribution in [3.8, 4) is 0 Å². The van der Waals surface area contributed by atoms with Crippen molar-refractivity contribution in [1.82, 2.24) is 15.2 Å². The summed E-state index contributed by atoms with van der Waals surface area (Å²) in [6, 6.07) is 11.4. The van der Waals surface area contributed by atoms with Gasteiger partial charge in [-0.1, -0.05) is 32.9 Å². The van der Waals surface area contributed by atoms with E-state index >= 15 is 0 Å². The van der Waals surface area contributed by atoms with Crippen LogP contribution in [0.5, 0.6) is 0 Å². The van der Waals surface area contributed by atoms with Gasteiger partial charge in [0.1, 0.15) is 0 Å². The monoisotopic (exact) mass is 365 g/mol. The van der Waals surface area contributed by atoms with Gasteiger partial charge in [-0.15, -0.1) is 0 Å². The van der Waals surface area contributed by atoms with Crippen molar-refractivity contribution in [2.45, 2.75) is 45.1 Å². The van der Waals surface area contributed by atoms with Crippen LogP contribution in [0.25, 0.3) is 0 Å². The molecule has 1 aliphatic rings. The molecule has 1 fully saturated rings. The van der Waals surface area contributed by atoms with E-state index in [1.807, 2.05) is 29.2 Å². The van der Waals surface area contributed by atoms with Crippen LogP contribution in [0.3, 0.4) is 0 Å². The summed E-state index contributed by atoms with van der Waals surface area (Å²) in [5.74, 6) is -0.0192. The van der Waals surface area contributed by atoms with E-state index < -0.39 is 0 Å². The molecular weight excluding hydrogens is 338 g/mol. The molecule has 0 aliphatic carbocycles. The molecule has 142 valence electrons. The van der Waals surface area contributed by atoms with Crippen LogP contribution < -0.4 is 5.32 Å². The summed E-state index contributed by atoms with van der Waals surface area (Å²) < 4.78 is 0. The predicted octanol–water partition coefficient (Wildman–Crippen LogP) is 3.41. The summed E-state index contributed by atoms with van der Waals surface area (Å²) in [6.45, 7) is 7.79. The van der Waals surface area contributed by atoms with E-state index in [0.717, 1.165) is 18.4 Å². The van der Waals surface area contributed by atoms with Gasteiger partial charge < -0.3 is 10.2 Å². The van der Waals surface area contributed by atoms with E-state index in [1.165, 1.54) is 5.56 Å². The van der Waals surface area contributed by atoms with Crippen LogP contribution in [0.1, 0.15) is 59.9 Å². The minimum absolute atomic E-state index is 0.0642. The Morgan fingerprint density at radius 2 is 1.56 bits per heavy atom. The molecule has 2 aromatic rings. The highest BCUT2D eigenvalue weighted by molar-refractivity contribution is 5.95. The van der Waals surface area contributed by atoms with E-state index in [0.29, 0.717) is 18.7 Å². The smallest absolute Gasteiger partial charge is 0.253 e. The Morgan fingerprint density at radius 1 is 0.963 bits per heavy atom. The van der Waals surface area contributed by atoms with Gasteiger partial charge in [0, 0.05) is 42.7 Å². The Morgan fingerprint density at radius 3 is 2.11 bits per heavy atom. The summed E-state index contributed by atoms with van der Waals surface area (Å²) in [4.78, 5) is 30.8. The summed E-state index contributed by atoms with van der Waals surface area (Å²) >= 11 is 0. The van der Waals surface area contributed by atoms with Crippen molar-refractivity contribution in [3.05, 3.63) is 65.5 Å². The molecule has 0 unspecified atom stereocenters. The molecule has 1 N–H and O–H groups in total. The summed E-state index contributed by atoms with van der Waals surface area (Å²) in [6.07, 6.45) is 4.76. The Balaban J connectivity index is 1.54. The Labute approximate surface area is 160 Å². The third-order valence-electron chi connectivity index (χ3n) is 5.06. The first-order chi connectivity index (χ1) is 12.8. The molecule has 27 heavy (non-hydrogen) atoms. The Hall–Kier alpha value is -2.69.